The fourth-order valence-electron chi connectivity index (χ4n) is 1.48. The SMILES string of the molecule is COCC(CO)(OC)c1cccc(O)c1. The molecule has 15 heavy (non-hydrogen) atoms. The summed E-state index contributed by atoms with van der Waals surface area (Å²) in [4.78, 5) is 0. The van der Waals surface area contributed by atoms with Crippen LogP contribution in [0.2, 0.25) is 0 Å². The lowest BCUT2D eigenvalue weighted by Crippen LogP contribution is -2.37. The van der Waals surface area contributed by atoms with E-state index in [1.54, 1.807) is 24.3 Å². The molecule has 0 aliphatic rings. The number of hydrogen-bond acceptors (Lipinski definition) is 4. The van der Waals surface area contributed by atoms with Crippen LogP contribution in [0.5, 0.6) is 5.75 Å². The number of rotatable bonds is 5. The van der Waals surface area contributed by atoms with Crippen LogP contribution in [0.25, 0.3) is 0 Å². The first-order valence-corrected chi connectivity index (χ1v) is 4.63. The fraction of sp³-hybridized carbons (Fsp3) is 0.455. The molecule has 0 aliphatic carbocycles. The number of aliphatic hydroxyl groups is 1. The summed E-state index contributed by atoms with van der Waals surface area (Å²) in [5, 5.41) is 18.7. The molecule has 0 bridgehead atoms. The smallest absolute Gasteiger partial charge is 0.139 e. The van der Waals surface area contributed by atoms with Crippen LogP contribution in [0, 0.1) is 0 Å². The monoisotopic (exact) mass is 212 g/mol. The largest absolute Gasteiger partial charge is 0.508 e. The molecule has 0 saturated carbocycles. The first kappa shape index (κ1) is 12.0. The standard InChI is InChI=1S/C11H16O4/c1-14-8-11(7-12,15-2)9-4-3-5-10(13)6-9/h3-6,12-13H,7-8H2,1-2H3. The highest BCUT2D eigenvalue weighted by Gasteiger charge is 2.31. The van der Waals surface area contributed by atoms with Crippen molar-refractivity contribution in [3.63, 3.8) is 0 Å². The quantitative estimate of drug-likeness (QED) is 0.760. The van der Waals surface area contributed by atoms with Gasteiger partial charge in [-0.25, -0.2) is 0 Å². The number of ether oxygens (including phenoxy) is 2. The van der Waals surface area contributed by atoms with Crippen LogP contribution in [0.3, 0.4) is 0 Å². The van der Waals surface area contributed by atoms with Crippen LogP contribution in [0.15, 0.2) is 24.3 Å². The summed E-state index contributed by atoms with van der Waals surface area (Å²) < 4.78 is 10.3. The molecular formula is C11H16O4. The van der Waals surface area contributed by atoms with Crippen molar-refractivity contribution in [1.29, 1.82) is 0 Å². The molecule has 4 heteroatoms. The van der Waals surface area contributed by atoms with Gasteiger partial charge in [-0.1, -0.05) is 12.1 Å². The van der Waals surface area contributed by atoms with E-state index in [-0.39, 0.29) is 19.0 Å². The average molecular weight is 212 g/mol. The summed E-state index contributed by atoms with van der Waals surface area (Å²) in [5.74, 6) is 0.137. The Kier molecular flexibility index (Phi) is 4.08. The summed E-state index contributed by atoms with van der Waals surface area (Å²) in [6, 6.07) is 6.59. The Labute approximate surface area is 89.1 Å². The van der Waals surface area contributed by atoms with E-state index in [4.69, 9.17) is 9.47 Å². The molecule has 84 valence electrons. The topological polar surface area (TPSA) is 58.9 Å². The van der Waals surface area contributed by atoms with Crippen LogP contribution in [-0.2, 0) is 15.1 Å². The molecule has 1 atom stereocenters. The summed E-state index contributed by atoms with van der Waals surface area (Å²) in [5.41, 5.74) is -0.220. The van der Waals surface area contributed by atoms with Crippen LogP contribution < -0.4 is 0 Å². The second-order valence-electron chi connectivity index (χ2n) is 3.34. The van der Waals surface area contributed by atoms with E-state index in [9.17, 15) is 10.2 Å². The summed E-state index contributed by atoms with van der Waals surface area (Å²) >= 11 is 0. The van der Waals surface area contributed by atoms with E-state index in [2.05, 4.69) is 0 Å². The molecule has 0 spiro atoms. The van der Waals surface area contributed by atoms with Crippen LogP contribution in [-0.4, -0.2) is 37.6 Å². The highest BCUT2D eigenvalue weighted by Crippen LogP contribution is 2.27. The van der Waals surface area contributed by atoms with Crippen molar-refractivity contribution >= 4 is 0 Å². The first-order valence-electron chi connectivity index (χ1n) is 4.63. The zero-order valence-corrected chi connectivity index (χ0v) is 8.93. The van der Waals surface area contributed by atoms with Crippen LogP contribution in [0.1, 0.15) is 5.56 Å². The molecule has 1 aromatic carbocycles. The molecule has 0 fully saturated rings. The van der Waals surface area contributed by atoms with Crippen LogP contribution in [0.4, 0.5) is 0 Å². The van der Waals surface area contributed by atoms with E-state index in [1.165, 1.54) is 14.2 Å². The van der Waals surface area contributed by atoms with E-state index >= 15 is 0 Å². The Hall–Kier alpha value is -1.10. The van der Waals surface area contributed by atoms with Crippen molar-refractivity contribution in [3.8, 4) is 5.75 Å². The fourth-order valence-corrected chi connectivity index (χ4v) is 1.48. The zero-order valence-electron chi connectivity index (χ0n) is 8.93. The Morgan fingerprint density at radius 2 is 2.07 bits per heavy atom. The molecule has 0 amide bonds. The predicted octanol–water partition coefficient (Wildman–Crippen LogP) is 0.873. The number of hydrogen-bond donors (Lipinski definition) is 2. The molecule has 2 N–H and O–H groups in total. The van der Waals surface area contributed by atoms with E-state index < -0.39 is 5.60 Å². The number of benzene rings is 1. The molecule has 1 unspecified atom stereocenters. The Morgan fingerprint density at radius 3 is 2.53 bits per heavy atom. The molecule has 0 heterocycles. The van der Waals surface area contributed by atoms with Crippen molar-refractivity contribution in [2.24, 2.45) is 0 Å². The second-order valence-corrected chi connectivity index (χ2v) is 3.34. The van der Waals surface area contributed by atoms with E-state index in [0.717, 1.165) is 0 Å². The zero-order chi connectivity index (χ0) is 11.3. The minimum absolute atomic E-state index is 0.137. The number of phenols is 1. The average Bonchev–Trinajstić information content (AvgIpc) is 2.26. The molecule has 0 aliphatic heterocycles. The van der Waals surface area contributed by atoms with Crippen molar-refractivity contribution in [2.45, 2.75) is 5.60 Å². The lowest BCUT2D eigenvalue weighted by Gasteiger charge is -2.30. The Balaban J connectivity index is 3.07. The van der Waals surface area contributed by atoms with Gasteiger partial charge in [0.25, 0.3) is 0 Å². The third-order valence-corrected chi connectivity index (χ3v) is 2.40. The highest BCUT2D eigenvalue weighted by molar-refractivity contribution is 5.31. The van der Waals surface area contributed by atoms with Gasteiger partial charge in [0.05, 0.1) is 13.2 Å². The normalized spacial score (nSPS) is 14.9. The minimum atomic E-state index is -0.909. The van der Waals surface area contributed by atoms with Gasteiger partial charge in [-0.15, -0.1) is 0 Å². The highest BCUT2D eigenvalue weighted by atomic mass is 16.5. The summed E-state index contributed by atoms with van der Waals surface area (Å²) in [7, 11) is 3.03. The third kappa shape index (κ3) is 2.47. The van der Waals surface area contributed by atoms with Gasteiger partial charge in [-0.2, -0.15) is 0 Å². The molecule has 0 saturated heterocycles. The van der Waals surface area contributed by atoms with E-state index in [1.807, 2.05) is 0 Å². The third-order valence-electron chi connectivity index (χ3n) is 2.40. The number of aliphatic hydroxyl groups excluding tert-OH is 1. The minimum Gasteiger partial charge on any atom is -0.508 e. The molecule has 1 aromatic rings. The van der Waals surface area contributed by atoms with Crippen molar-refractivity contribution in [1.82, 2.24) is 0 Å². The molecule has 0 aromatic heterocycles. The molecular weight excluding hydrogens is 196 g/mol. The first-order chi connectivity index (χ1) is 7.18. The van der Waals surface area contributed by atoms with Crippen LogP contribution >= 0.6 is 0 Å². The lowest BCUT2D eigenvalue weighted by atomic mass is 9.95. The van der Waals surface area contributed by atoms with E-state index in [0.29, 0.717) is 5.56 Å². The van der Waals surface area contributed by atoms with Crippen molar-refractivity contribution in [3.05, 3.63) is 29.8 Å². The van der Waals surface area contributed by atoms with Gasteiger partial charge in [0.15, 0.2) is 0 Å². The Morgan fingerprint density at radius 1 is 1.33 bits per heavy atom. The molecule has 0 radical (unpaired) electrons. The summed E-state index contributed by atoms with van der Waals surface area (Å²) in [6.45, 7) is 0.0181. The van der Waals surface area contributed by atoms with Gasteiger partial charge >= 0.3 is 0 Å². The van der Waals surface area contributed by atoms with Gasteiger partial charge in [0.1, 0.15) is 11.4 Å². The predicted molar refractivity (Wildman–Crippen MR) is 55.8 cm³/mol. The van der Waals surface area contributed by atoms with Gasteiger partial charge < -0.3 is 19.7 Å². The maximum absolute atomic E-state index is 9.37. The maximum atomic E-state index is 9.37. The molecule has 4 nitrogen and oxygen atoms in total. The number of methoxy groups -OCH3 is 2. The Bertz CT molecular complexity index is 307. The van der Waals surface area contributed by atoms with Gasteiger partial charge in [0.2, 0.25) is 0 Å². The van der Waals surface area contributed by atoms with Crippen molar-refractivity contribution < 1.29 is 19.7 Å². The lowest BCUT2D eigenvalue weighted by molar-refractivity contribution is -0.100. The van der Waals surface area contributed by atoms with Gasteiger partial charge in [-0.3, -0.25) is 0 Å². The number of phenolic OH excluding ortho intramolecular Hbond substituents is 1. The maximum Gasteiger partial charge on any atom is 0.139 e. The molecule has 1 rings (SSSR count). The van der Waals surface area contributed by atoms with Crippen molar-refractivity contribution in [2.75, 3.05) is 27.4 Å². The second kappa shape index (κ2) is 5.11. The van der Waals surface area contributed by atoms with Gasteiger partial charge in [0, 0.05) is 14.2 Å². The van der Waals surface area contributed by atoms with Gasteiger partial charge in [-0.05, 0) is 17.7 Å². The number of aromatic hydroxyl groups is 1. The summed E-state index contributed by atoms with van der Waals surface area (Å²) in [6.07, 6.45) is 0.